The van der Waals surface area contributed by atoms with Crippen molar-refractivity contribution in [2.24, 2.45) is 17.3 Å². The highest BCUT2D eigenvalue weighted by Gasteiger charge is 2.81. The molecule has 12 atom stereocenters. The van der Waals surface area contributed by atoms with Gasteiger partial charge in [-0.3, -0.25) is 28.8 Å². The third kappa shape index (κ3) is 5.72. The molecule has 4 aliphatic rings. The molecule has 45 heavy (non-hydrogen) atoms. The van der Waals surface area contributed by atoms with Crippen molar-refractivity contribution in [1.29, 1.82) is 0 Å². The number of halogens is 1. The van der Waals surface area contributed by atoms with E-state index < -0.39 is 106 Å². The van der Waals surface area contributed by atoms with E-state index in [1.165, 1.54) is 26.0 Å². The van der Waals surface area contributed by atoms with Crippen LogP contribution >= 0.6 is 11.6 Å². The molecule has 1 saturated carbocycles. The average molecular weight is 657 g/mol. The van der Waals surface area contributed by atoms with Crippen LogP contribution in [0.5, 0.6) is 0 Å². The van der Waals surface area contributed by atoms with Gasteiger partial charge in [0, 0.05) is 40.5 Å². The molecule has 2 aliphatic heterocycles. The molecule has 1 spiro atoms. The maximum Gasteiger partial charge on any atom is 0.312 e. The molecule has 2 aliphatic carbocycles. The zero-order valence-electron chi connectivity index (χ0n) is 25.9. The van der Waals surface area contributed by atoms with Crippen molar-refractivity contribution in [3.8, 4) is 0 Å². The monoisotopic (exact) mass is 656 g/mol. The summed E-state index contributed by atoms with van der Waals surface area (Å²) in [4.78, 5) is 76.3. The van der Waals surface area contributed by atoms with Crippen LogP contribution in [0.15, 0.2) is 24.3 Å². The first-order valence-corrected chi connectivity index (χ1v) is 14.7. The number of hydrogen-bond acceptors (Lipinski definition) is 14. The quantitative estimate of drug-likeness (QED) is 0.191. The predicted molar refractivity (Wildman–Crippen MR) is 150 cm³/mol. The predicted octanol–water partition coefficient (Wildman–Crippen LogP) is 1.08. The maximum atomic E-state index is 13.1. The first kappa shape index (κ1) is 34.4. The highest BCUT2D eigenvalue weighted by atomic mass is 35.5. The standard InChI is InChI=1S/C30H37ClO14/c1-12-9-10-19(40-14(3)32)28(8)22(26(44-18(7)36)30(38)13(2)27(37)45-23(30)20(12)31)29(11-39-29)25(43-17(6)35)21(41-15(4)33)24(28)42-16(5)34/h9-10,13,19-26,38H,1,11H2,2-8H3/t13-,19-,20-,21+,22+,23-,24-,25+,26-,28+,29+,30-/m0/s1. The van der Waals surface area contributed by atoms with Crippen molar-refractivity contribution >= 4 is 47.4 Å². The summed E-state index contributed by atoms with van der Waals surface area (Å²) in [5, 5.41) is 11.4. The lowest BCUT2D eigenvalue weighted by Gasteiger charge is -2.59. The first-order valence-electron chi connectivity index (χ1n) is 14.3. The summed E-state index contributed by atoms with van der Waals surface area (Å²) in [6.45, 7) is 12.0. The molecule has 0 bridgehead atoms. The number of carbonyl (C=O) groups excluding carboxylic acids is 6. The lowest BCUT2D eigenvalue weighted by molar-refractivity contribution is -0.280. The van der Waals surface area contributed by atoms with Gasteiger partial charge in [-0.1, -0.05) is 19.6 Å². The summed E-state index contributed by atoms with van der Waals surface area (Å²) < 4.78 is 40.5. The number of esters is 6. The Hall–Kier alpha value is -3.49. The van der Waals surface area contributed by atoms with Gasteiger partial charge in [-0.2, -0.15) is 0 Å². The fourth-order valence-electron chi connectivity index (χ4n) is 7.17. The number of fused-ring (bicyclic) bond motifs is 3. The molecule has 15 heteroatoms. The van der Waals surface area contributed by atoms with Crippen molar-refractivity contribution in [3.05, 3.63) is 24.3 Å². The van der Waals surface area contributed by atoms with Crippen LogP contribution in [0.2, 0.25) is 0 Å². The molecular formula is C30H37ClO14. The summed E-state index contributed by atoms with van der Waals surface area (Å²) in [5.41, 5.74) is -5.85. The number of ether oxygens (including phenoxy) is 7. The van der Waals surface area contributed by atoms with Gasteiger partial charge in [-0.25, -0.2) is 0 Å². The van der Waals surface area contributed by atoms with Crippen LogP contribution < -0.4 is 0 Å². The van der Waals surface area contributed by atoms with E-state index >= 15 is 0 Å². The number of epoxide rings is 1. The molecule has 0 amide bonds. The van der Waals surface area contributed by atoms with Crippen LogP contribution in [0.1, 0.15) is 48.5 Å². The Balaban J connectivity index is 2.17. The van der Waals surface area contributed by atoms with Gasteiger partial charge in [0.2, 0.25) is 0 Å². The lowest BCUT2D eigenvalue weighted by Crippen LogP contribution is -2.76. The summed E-state index contributed by atoms with van der Waals surface area (Å²) in [6, 6.07) is 0. The topological polar surface area (TPSA) is 191 Å². The van der Waals surface area contributed by atoms with Gasteiger partial charge in [-0.15, -0.1) is 11.6 Å². The second-order valence-corrected chi connectivity index (χ2v) is 12.6. The number of alkyl halides is 1. The van der Waals surface area contributed by atoms with Crippen molar-refractivity contribution < 1.29 is 67.0 Å². The Kier molecular flexibility index (Phi) is 9.19. The van der Waals surface area contributed by atoms with Crippen molar-refractivity contribution in [2.75, 3.05) is 6.61 Å². The van der Waals surface area contributed by atoms with E-state index in [4.69, 9.17) is 44.8 Å². The highest BCUT2D eigenvalue weighted by molar-refractivity contribution is 6.23. The van der Waals surface area contributed by atoms with Crippen molar-refractivity contribution in [3.63, 3.8) is 0 Å². The molecule has 3 fully saturated rings. The van der Waals surface area contributed by atoms with Gasteiger partial charge in [0.25, 0.3) is 0 Å². The Labute approximate surface area is 264 Å². The lowest BCUT2D eigenvalue weighted by atomic mass is 9.51. The van der Waals surface area contributed by atoms with Gasteiger partial charge in [0.05, 0.1) is 23.3 Å². The summed E-state index contributed by atoms with van der Waals surface area (Å²) >= 11 is 6.75. The summed E-state index contributed by atoms with van der Waals surface area (Å²) in [5.74, 6) is -7.91. The van der Waals surface area contributed by atoms with Crippen LogP contribution in [-0.4, -0.2) is 101 Å². The molecule has 0 aromatic carbocycles. The number of carbonyl (C=O) groups is 6. The van der Waals surface area contributed by atoms with E-state index in [1.807, 2.05) is 0 Å². The summed E-state index contributed by atoms with van der Waals surface area (Å²) in [6.07, 6.45) is -6.63. The van der Waals surface area contributed by atoms with Gasteiger partial charge < -0.3 is 38.3 Å². The molecule has 14 nitrogen and oxygen atoms in total. The van der Waals surface area contributed by atoms with Crippen LogP contribution in [0.4, 0.5) is 0 Å². The van der Waals surface area contributed by atoms with Crippen molar-refractivity contribution in [1.82, 2.24) is 0 Å². The second-order valence-electron chi connectivity index (χ2n) is 12.1. The minimum atomic E-state index is -2.41. The zero-order chi connectivity index (χ0) is 33.8. The normalized spacial score (nSPS) is 41.9. The van der Waals surface area contributed by atoms with E-state index in [9.17, 15) is 33.9 Å². The van der Waals surface area contributed by atoms with Crippen LogP contribution in [-0.2, 0) is 61.9 Å². The van der Waals surface area contributed by atoms with E-state index in [-0.39, 0.29) is 12.2 Å². The van der Waals surface area contributed by atoms with Gasteiger partial charge in [-0.05, 0) is 18.6 Å². The van der Waals surface area contributed by atoms with Crippen LogP contribution in [0.3, 0.4) is 0 Å². The van der Waals surface area contributed by atoms with Gasteiger partial charge in [0.1, 0.15) is 17.8 Å². The Bertz CT molecular complexity index is 1340. The zero-order valence-corrected chi connectivity index (χ0v) is 26.7. The van der Waals surface area contributed by atoms with Crippen molar-refractivity contribution in [2.45, 2.75) is 102 Å². The minimum Gasteiger partial charge on any atom is -0.459 e. The molecule has 0 aromatic rings. The third-order valence-corrected chi connectivity index (χ3v) is 9.57. The van der Waals surface area contributed by atoms with Gasteiger partial charge >= 0.3 is 35.8 Å². The number of aliphatic hydroxyl groups is 1. The second kappa shape index (κ2) is 12.0. The third-order valence-electron chi connectivity index (χ3n) is 9.06. The molecule has 0 unspecified atom stereocenters. The molecule has 248 valence electrons. The Morgan fingerprint density at radius 3 is 1.87 bits per heavy atom. The SMILES string of the molecule is C=C1C=C[C@H](OC(C)=O)[C@@]2(C)[C@@H](OC(C)=O)[C@@H](OC(C)=O)[C@@H](OC(C)=O)[C@@]3(CO3)[C@@H]2[C@H](OC(C)=O)[C@]2(O)[C@@H](C)C(=O)O[C@H]2[C@H]1Cl. The average Bonchev–Trinajstić information content (AvgIpc) is 3.67. The Morgan fingerprint density at radius 2 is 1.38 bits per heavy atom. The molecule has 0 aromatic heterocycles. The fraction of sp³-hybridized carbons (Fsp3) is 0.667. The number of hydrogen-bond donors (Lipinski definition) is 1. The number of rotatable bonds is 5. The van der Waals surface area contributed by atoms with E-state index in [0.717, 1.165) is 34.6 Å². The van der Waals surface area contributed by atoms with Crippen LogP contribution in [0, 0.1) is 17.3 Å². The van der Waals surface area contributed by atoms with E-state index in [1.54, 1.807) is 0 Å². The number of allylic oxidation sites excluding steroid dienone is 1. The van der Waals surface area contributed by atoms with E-state index in [0.29, 0.717) is 0 Å². The first-order chi connectivity index (χ1) is 20.8. The molecule has 0 radical (unpaired) electrons. The molecule has 2 heterocycles. The van der Waals surface area contributed by atoms with E-state index in [2.05, 4.69) is 6.58 Å². The smallest absolute Gasteiger partial charge is 0.312 e. The fourth-order valence-corrected chi connectivity index (χ4v) is 7.50. The molecule has 1 N–H and O–H groups in total. The maximum absolute atomic E-state index is 13.1. The highest BCUT2D eigenvalue weighted by Crippen LogP contribution is 2.63. The molecule has 4 rings (SSSR count). The minimum absolute atomic E-state index is 0.120. The molecular weight excluding hydrogens is 620 g/mol. The summed E-state index contributed by atoms with van der Waals surface area (Å²) in [7, 11) is 0. The Morgan fingerprint density at radius 1 is 0.889 bits per heavy atom. The van der Waals surface area contributed by atoms with Crippen LogP contribution in [0.25, 0.3) is 0 Å². The van der Waals surface area contributed by atoms with Gasteiger partial charge in [0.15, 0.2) is 30.0 Å². The molecule has 2 saturated heterocycles. The largest absolute Gasteiger partial charge is 0.459 e.